The molecule has 1 aromatic rings. The molecule has 1 aromatic heterocycles. The molecule has 0 saturated heterocycles. The number of imidazole rings is 1. The number of hydrogen-bond acceptors (Lipinski definition) is 2. The summed E-state index contributed by atoms with van der Waals surface area (Å²) in [4.78, 5) is 14.9. The molecule has 1 heterocycles. The van der Waals surface area contributed by atoms with Crippen molar-refractivity contribution in [2.45, 2.75) is 32.7 Å². The largest absolute Gasteiger partial charge is 0.359 e. The van der Waals surface area contributed by atoms with Crippen LogP contribution >= 0.6 is 0 Å². The number of carbonyl (C=O) groups is 1. The Bertz CT molecular complexity index is 293. The van der Waals surface area contributed by atoms with E-state index >= 15 is 0 Å². The van der Waals surface area contributed by atoms with Crippen LogP contribution in [0, 0.1) is 13.1 Å². The Morgan fingerprint density at radius 3 is 3.00 bits per heavy atom. The van der Waals surface area contributed by atoms with E-state index in [1.165, 1.54) is 0 Å². The van der Waals surface area contributed by atoms with Crippen molar-refractivity contribution in [2.24, 2.45) is 0 Å². The lowest BCUT2D eigenvalue weighted by Gasteiger charge is -2.03. The fourth-order valence-corrected chi connectivity index (χ4v) is 1.27. The summed E-state index contributed by atoms with van der Waals surface area (Å²) in [6.45, 7) is 2.87. The monoisotopic (exact) mass is 194 g/mol. The molecule has 1 radical (unpaired) electrons. The molecule has 4 nitrogen and oxygen atoms in total. The van der Waals surface area contributed by atoms with Gasteiger partial charge in [0.05, 0.1) is 0 Å². The van der Waals surface area contributed by atoms with Crippen LogP contribution in [-0.4, -0.2) is 22.5 Å². The molecule has 0 unspecified atom stereocenters. The molecule has 0 aliphatic carbocycles. The van der Waals surface area contributed by atoms with Gasteiger partial charge in [0.15, 0.2) is 0 Å². The van der Waals surface area contributed by atoms with Crippen LogP contribution in [0.1, 0.15) is 25.1 Å². The number of nitrogens with zero attached hydrogens (tertiary/aromatic N) is 2. The predicted molar refractivity (Wildman–Crippen MR) is 53.7 cm³/mol. The van der Waals surface area contributed by atoms with E-state index in [-0.39, 0.29) is 5.91 Å². The Morgan fingerprint density at radius 2 is 2.43 bits per heavy atom. The molecule has 0 saturated carbocycles. The number of hydrogen-bond donors (Lipinski definition) is 1. The van der Waals surface area contributed by atoms with Gasteiger partial charge in [-0.2, -0.15) is 0 Å². The second-order valence-corrected chi connectivity index (χ2v) is 3.24. The summed E-state index contributed by atoms with van der Waals surface area (Å²) in [5, 5.41) is 2.61. The average Bonchev–Trinajstić information content (AvgIpc) is 2.58. The van der Waals surface area contributed by atoms with Gasteiger partial charge in [-0.05, 0) is 19.8 Å². The predicted octanol–water partition coefficient (Wildman–Crippen LogP) is 0.908. The molecule has 1 N–H and O–H groups in total. The van der Waals surface area contributed by atoms with Crippen LogP contribution in [0.15, 0.2) is 6.20 Å². The molecule has 77 valence electrons. The normalized spacial score (nSPS) is 10.1. The van der Waals surface area contributed by atoms with Crippen molar-refractivity contribution in [3.8, 4) is 0 Å². The summed E-state index contributed by atoms with van der Waals surface area (Å²) in [6, 6.07) is 0. The Morgan fingerprint density at radius 1 is 1.64 bits per heavy atom. The summed E-state index contributed by atoms with van der Waals surface area (Å²) < 4.78 is 2.05. The molecule has 0 atom stereocenters. The number of nitrogens with one attached hydrogen (secondary N) is 1. The van der Waals surface area contributed by atoms with Gasteiger partial charge in [0.2, 0.25) is 5.91 Å². The third-order valence-corrected chi connectivity index (χ3v) is 2.19. The van der Waals surface area contributed by atoms with Crippen LogP contribution in [0.3, 0.4) is 0 Å². The van der Waals surface area contributed by atoms with Crippen LogP contribution in [0.25, 0.3) is 0 Å². The summed E-state index contributed by atoms with van der Waals surface area (Å²) in [6.07, 6.45) is 7.15. The molecule has 4 heteroatoms. The molecule has 1 rings (SSSR count). The van der Waals surface area contributed by atoms with E-state index < -0.39 is 0 Å². The second kappa shape index (κ2) is 5.42. The molecule has 1 amide bonds. The number of rotatable bonds is 5. The minimum atomic E-state index is 0.110. The van der Waals surface area contributed by atoms with E-state index in [1.54, 1.807) is 7.05 Å². The fraction of sp³-hybridized carbons (Fsp3) is 0.600. The van der Waals surface area contributed by atoms with Gasteiger partial charge in [-0.3, -0.25) is 4.79 Å². The van der Waals surface area contributed by atoms with Gasteiger partial charge in [0.1, 0.15) is 12.0 Å². The molecular formula is C10H16N3O. The first kappa shape index (κ1) is 10.8. The summed E-state index contributed by atoms with van der Waals surface area (Å²) in [7, 11) is 1.66. The summed E-state index contributed by atoms with van der Waals surface area (Å²) in [5.74, 6) is 1.09. The SMILES string of the molecule is CNC(=O)CCCCn1c[c]nc1C. The average molecular weight is 194 g/mol. The maximum absolute atomic E-state index is 10.9. The molecular weight excluding hydrogens is 178 g/mol. The van der Waals surface area contributed by atoms with Crippen molar-refractivity contribution in [3.63, 3.8) is 0 Å². The topological polar surface area (TPSA) is 46.9 Å². The maximum atomic E-state index is 10.9. The lowest BCUT2D eigenvalue weighted by atomic mass is 10.2. The molecule has 0 bridgehead atoms. The van der Waals surface area contributed by atoms with Crippen LogP contribution < -0.4 is 5.32 Å². The van der Waals surface area contributed by atoms with Gasteiger partial charge in [-0.1, -0.05) is 0 Å². The van der Waals surface area contributed by atoms with E-state index in [9.17, 15) is 4.79 Å². The number of carbonyl (C=O) groups excluding carboxylic acids is 1. The van der Waals surface area contributed by atoms with Crippen LogP contribution in [0.2, 0.25) is 0 Å². The van der Waals surface area contributed by atoms with E-state index in [4.69, 9.17) is 0 Å². The molecule has 0 aliphatic rings. The third-order valence-electron chi connectivity index (χ3n) is 2.19. The lowest BCUT2D eigenvalue weighted by Crippen LogP contribution is -2.17. The van der Waals surface area contributed by atoms with Crippen molar-refractivity contribution in [1.82, 2.24) is 14.9 Å². The molecule has 0 fully saturated rings. The number of aromatic nitrogens is 2. The minimum absolute atomic E-state index is 0.110. The van der Waals surface area contributed by atoms with E-state index in [2.05, 4.69) is 16.5 Å². The smallest absolute Gasteiger partial charge is 0.219 e. The van der Waals surface area contributed by atoms with Gasteiger partial charge in [0.25, 0.3) is 0 Å². The Balaban J connectivity index is 2.16. The highest BCUT2D eigenvalue weighted by atomic mass is 16.1. The molecule has 0 aromatic carbocycles. The van der Waals surface area contributed by atoms with Crippen molar-refractivity contribution >= 4 is 5.91 Å². The van der Waals surface area contributed by atoms with Crippen LogP contribution in [-0.2, 0) is 11.3 Å². The minimum Gasteiger partial charge on any atom is -0.359 e. The fourth-order valence-electron chi connectivity index (χ4n) is 1.27. The molecule has 0 aliphatic heterocycles. The first-order chi connectivity index (χ1) is 6.74. The zero-order chi connectivity index (χ0) is 10.4. The highest BCUT2D eigenvalue weighted by Gasteiger charge is 1.99. The highest BCUT2D eigenvalue weighted by Crippen LogP contribution is 2.01. The van der Waals surface area contributed by atoms with Crippen molar-refractivity contribution < 1.29 is 4.79 Å². The lowest BCUT2D eigenvalue weighted by molar-refractivity contribution is -0.120. The van der Waals surface area contributed by atoms with Gasteiger partial charge in [-0.25, -0.2) is 4.98 Å². The molecule has 0 spiro atoms. The quantitative estimate of drug-likeness (QED) is 0.708. The van der Waals surface area contributed by atoms with Crippen LogP contribution in [0.5, 0.6) is 0 Å². The first-order valence-corrected chi connectivity index (χ1v) is 4.84. The van der Waals surface area contributed by atoms with E-state index in [0.717, 1.165) is 25.2 Å². The first-order valence-electron chi connectivity index (χ1n) is 4.84. The number of unbranched alkanes of at least 4 members (excludes halogenated alkanes) is 1. The Kier molecular flexibility index (Phi) is 4.16. The standard InChI is InChI=1S/C10H16N3O/c1-9-12-6-8-13(9)7-4-3-5-10(14)11-2/h8H,3-5,7H2,1-2H3,(H,11,14). The van der Waals surface area contributed by atoms with E-state index in [0.29, 0.717) is 6.42 Å². The van der Waals surface area contributed by atoms with Crippen LogP contribution in [0.4, 0.5) is 0 Å². The van der Waals surface area contributed by atoms with Gasteiger partial charge in [0, 0.05) is 26.2 Å². The summed E-state index contributed by atoms with van der Waals surface area (Å²) >= 11 is 0. The Labute approximate surface area is 84.3 Å². The van der Waals surface area contributed by atoms with Crippen molar-refractivity contribution in [3.05, 3.63) is 18.2 Å². The van der Waals surface area contributed by atoms with E-state index in [1.807, 2.05) is 17.7 Å². The zero-order valence-corrected chi connectivity index (χ0v) is 8.71. The third kappa shape index (κ3) is 3.20. The number of amides is 1. The Hall–Kier alpha value is -1.32. The highest BCUT2D eigenvalue weighted by molar-refractivity contribution is 5.75. The zero-order valence-electron chi connectivity index (χ0n) is 8.71. The summed E-state index contributed by atoms with van der Waals surface area (Å²) in [5.41, 5.74) is 0. The molecule has 14 heavy (non-hydrogen) atoms. The van der Waals surface area contributed by atoms with Gasteiger partial charge < -0.3 is 9.88 Å². The van der Waals surface area contributed by atoms with Gasteiger partial charge >= 0.3 is 0 Å². The maximum Gasteiger partial charge on any atom is 0.219 e. The second-order valence-electron chi connectivity index (χ2n) is 3.24. The van der Waals surface area contributed by atoms with Gasteiger partial charge in [-0.15, -0.1) is 0 Å². The number of aryl methyl sites for hydroxylation is 2. The van der Waals surface area contributed by atoms with Crippen molar-refractivity contribution in [2.75, 3.05) is 7.05 Å². The van der Waals surface area contributed by atoms with Crippen molar-refractivity contribution in [1.29, 1.82) is 0 Å².